The first-order valence-electron chi connectivity index (χ1n) is 14.3. The van der Waals surface area contributed by atoms with E-state index in [9.17, 15) is 9.59 Å². The van der Waals surface area contributed by atoms with E-state index in [4.69, 9.17) is 37.9 Å². The first kappa shape index (κ1) is 31.8. The van der Waals surface area contributed by atoms with Crippen molar-refractivity contribution in [2.24, 2.45) is 5.16 Å². The number of carbonyl (C=O) groups excluding carboxylic acids is 1. The summed E-state index contributed by atoms with van der Waals surface area (Å²) in [7, 11) is 0. The predicted molar refractivity (Wildman–Crippen MR) is 176 cm³/mol. The number of oxime groups is 1. The van der Waals surface area contributed by atoms with E-state index in [-0.39, 0.29) is 24.8 Å². The molecule has 2 heterocycles. The van der Waals surface area contributed by atoms with Gasteiger partial charge in [-0.15, -0.1) is 0 Å². The van der Waals surface area contributed by atoms with E-state index in [2.05, 4.69) is 5.16 Å². The van der Waals surface area contributed by atoms with E-state index >= 15 is 0 Å². The van der Waals surface area contributed by atoms with Crippen molar-refractivity contribution in [2.45, 2.75) is 38.3 Å². The number of carboxylic acids is 1. The van der Waals surface area contributed by atoms with Gasteiger partial charge in [-0.2, -0.15) is 0 Å². The number of allylic oxidation sites excluding steroid dienone is 1. The van der Waals surface area contributed by atoms with Crippen LogP contribution in [0.15, 0.2) is 120 Å². The maximum absolute atomic E-state index is 13.2. The van der Waals surface area contributed by atoms with Gasteiger partial charge < -0.3 is 14.7 Å². The average Bonchev–Trinajstić information content (AvgIpc) is 3.50. The molecule has 2 aliphatic heterocycles. The molecule has 2 aliphatic rings. The molecule has 1 N–H and O–H groups in total. The number of carboxylic acid groups (broad SMARTS) is 1. The topological polar surface area (TPSA) is 88.4 Å². The fraction of sp³-hybridized carbons (Fsp3) is 0.194. The van der Waals surface area contributed by atoms with Gasteiger partial charge in [0.25, 0.3) is 5.91 Å². The maximum Gasteiger partial charge on any atom is 0.353 e. The second-order valence-electron chi connectivity index (χ2n) is 11.2. The Balaban J connectivity index is 0.000000182. The number of hydrogen-bond acceptors (Lipinski definition) is 5. The van der Waals surface area contributed by atoms with E-state index in [0.717, 1.165) is 22.3 Å². The van der Waals surface area contributed by atoms with Gasteiger partial charge in [0.15, 0.2) is 18.0 Å². The van der Waals surface area contributed by atoms with Crippen LogP contribution in [0, 0.1) is 0 Å². The number of halogens is 2. The lowest BCUT2D eigenvalue weighted by atomic mass is 9.82. The molecule has 4 aromatic rings. The monoisotopic (exact) mass is 642 g/mol. The Hall–Kier alpha value is -4.59. The Kier molecular flexibility index (Phi) is 9.32. The average molecular weight is 644 g/mol. The molecule has 0 saturated carbocycles. The van der Waals surface area contributed by atoms with Crippen LogP contribution in [0.5, 0.6) is 0 Å². The van der Waals surface area contributed by atoms with Gasteiger partial charge in [0.1, 0.15) is 5.76 Å². The fourth-order valence-electron chi connectivity index (χ4n) is 5.43. The molecule has 0 atom stereocenters. The molecule has 0 saturated heterocycles. The van der Waals surface area contributed by atoms with E-state index in [1.165, 1.54) is 0 Å². The van der Waals surface area contributed by atoms with Gasteiger partial charge in [-0.25, -0.2) is 4.79 Å². The lowest BCUT2D eigenvalue weighted by molar-refractivity contribution is -0.139. The minimum absolute atomic E-state index is 0.0395. The molecule has 0 bridgehead atoms. The van der Waals surface area contributed by atoms with Crippen molar-refractivity contribution >= 4 is 46.4 Å². The van der Waals surface area contributed by atoms with Gasteiger partial charge >= 0.3 is 5.97 Å². The molecular weight excluding hydrogens is 611 g/mol. The van der Waals surface area contributed by atoms with Crippen molar-refractivity contribution in [1.29, 1.82) is 0 Å². The number of amides is 1. The number of aliphatic carboxylic acids is 1. The van der Waals surface area contributed by atoms with Crippen molar-refractivity contribution in [1.82, 2.24) is 4.90 Å². The fourth-order valence-corrected chi connectivity index (χ4v) is 5.95. The standard InChI is InChI=1S/C20H19Cl2NO2.C16H13NO3/c1-13-18(14-7-5-4-6-8-14)19(24)23(12-25-13)20(2,3)15-9-16(21)11-17(22)10-15;18-15(19)14-11-16(20-17-14,12-7-3-1-4-8-12)13-9-5-2-6-10-13/h4-11H,12H2,1-3H3;1-10H,11H2,(H,18,19). The molecule has 230 valence electrons. The summed E-state index contributed by atoms with van der Waals surface area (Å²) in [6.45, 7) is 5.91. The Morgan fingerprint density at radius 2 is 1.38 bits per heavy atom. The minimum Gasteiger partial charge on any atom is -0.477 e. The van der Waals surface area contributed by atoms with Crippen LogP contribution in [0.2, 0.25) is 10.0 Å². The highest BCUT2D eigenvalue weighted by Gasteiger charge is 2.44. The SMILES string of the molecule is CC1=C(c2ccccc2)C(=O)N(C(C)(C)c2cc(Cl)cc(Cl)c2)CO1.O=C(O)C1=NOC(c2ccccc2)(c2ccccc2)C1. The van der Waals surface area contributed by atoms with Crippen LogP contribution >= 0.6 is 23.2 Å². The molecule has 1 amide bonds. The zero-order chi connectivity index (χ0) is 32.2. The third kappa shape index (κ3) is 6.60. The number of carbonyl (C=O) groups is 2. The van der Waals surface area contributed by atoms with Crippen molar-refractivity contribution in [3.63, 3.8) is 0 Å². The number of rotatable bonds is 6. The van der Waals surface area contributed by atoms with E-state index in [1.54, 1.807) is 11.0 Å². The zero-order valence-electron chi connectivity index (χ0n) is 25.0. The molecule has 45 heavy (non-hydrogen) atoms. The molecule has 6 rings (SSSR count). The predicted octanol–water partition coefficient (Wildman–Crippen LogP) is 8.27. The third-order valence-corrected chi connectivity index (χ3v) is 8.42. The Labute approximate surface area is 272 Å². The smallest absolute Gasteiger partial charge is 0.353 e. The second-order valence-corrected chi connectivity index (χ2v) is 12.1. The summed E-state index contributed by atoms with van der Waals surface area (Å²) < 4.78 is 5.81. The van der Waals surface area contributed by atoms with Crippen LogP contribution in [0.1, 0.15) is 49.4 Å². The highest BCUT2D eigenvalue weighted by molar-refractivity contribution is 6.36. The van der Waals surface area contributed by atoms with E-state index in [0.29, 0.717) is 21.4 Å². The largest absolute Gasteiger partial charge is 0.477 e. The third-order valence-electron chi connectivity index (χ3n) is 7.98. The van der Waals surface area contributed by atoms with Crippen LogP contribution in [0.3, 0.4) is 0 Å². The Morgan fingerprint density at radius 3 is 1.87 bits per heavy atom. The van der Waals surface area contributed by atoms with E-state index < -0.39 is 17.1 Å². The molecule has 0 fully saturated rings. The van der Waals surface area contributed by atoms with Gasteiger partial charge in [0.05, 0.1) is 17.5 Å². The molecule has 0 unspecified atom stereocenters. The van der Waals surface area contributed by atoms with Crippen LogP contribution in [-0.4, -0.2) is 34.3 Å². The first-order valence-corrected chi connectivity index (χ1v) is 15.1. The maximum atomic E-state index is 13.2. The van der Waals surface area contributed by atoms with Gasteiger partial charge in [-0.05, 0) is 50.1 Å². The summed E-state index contributed by atoms with van der Waals surface area (Å²) in [4.78, 5) is 31.7. The lowest BCUT2D eigenvalue weighted by Crippen LogP contribution is -2.49. The molecule has 0 spiro atoms. The quantitative estimate of drug-likeness (QED) is 0.229. The van der Waals surface area contributed by atoms with E-state index in [1.807, 2.05) is 124 Å². The van der Waals surface area contributed by atoms with Gasteiger partial charge in [-0.3, -0.25) is 9.69 Å². The van der Waals surface area contributed by atoms with Crippen LogP contribution in [-0.2, 0) is 30.3 Å². The summed E-state index contributed by atoms with van der Waals surface area (Å²) in [6.07, 6.45) is 0.219. The van der Waals surface area contributed by atoms with Crippen molar-refractivity contribution in [3.8, 4) is 0 Å². The summed E-state index contributed by atoms with van der Waals surface area (Å²) in [5.74, 6) is -0.484. The molecule has 0 aromatic heterocycles. The number of nitrogens with zero attached hydrogens (tertiary/aromatic N) is 2. The second kappa shape index (κ2) is 13.2. The molecule has 0 radical (unpaired) electrons. The Bertz CT molecular complexity index is 1700. The summed E-state index contributed by atoms with van der Waals surface area (Å²) in [5, 5.41) is 14.0. The van der Waals surface area contributed by atoms with Crippen molar-refractivity contribution in [3.05, 3.63) is 147 Å². The number of ether oxygens (including phenoxy) is 1. The minimum atomic E-state index is -1.04. The first-order chi connectivity index (χ1) is 21.5. The van der Waals surface area contributed by atoms with Gasteiger partial charge in [-0.1, -0.05) is 119 Å². The number of benzene rings is 4. The lowest BCUT2D eigenvalue weighted by Gasteiger charge is -2.42. The molecule has 7 nitrogen and oxygen atoms in total. The summed E-state index contributed by atoms with van der Waals surface area (Å²) >= 11 is 12.3. The summed E-state index contributed by atoms with van der Waals surface area (Å²) in [5.41, 5.74) is 2.62. The molecule has 9 heteroatoms. The molecule has 0 aliphatic carbocycles. The normalized spacial score (nSPS) is 15.8. The molecule has 4 aromatic carbocycles. The van der Waals surface area contributed by atoms with Gasteiger partial charge in [0.2, 0.25) is 0 Å². The summed E-state index contributed by atoms with van der Waals surface area (Å²) in [6, 6.07) is 34.0. The highest BCUT2D eigenvalue weighted by Crippen LogP contribution is 2.41. The van der Waals surface area contributed by atoms with Crippen molar-refractivity contribution < 1.29 is 24.3 Å². The highest BCUT2D eigenvalue weighted by atomic mass is 35.5. The Morgan fingerprint density at radius 1 is 0.867 bits per heavy atom. The molecular formula is C36H32Cl2N2O5. The van der Waals surface area contributed by atoms with Crippen LogP contribution in [0.4, 0.5) is 0 Å². The van der Waals surface area contributed by atoms with Crippen molar-refractivity contribution in [2.75, 3.05) is 6.73 Å². The number of hydrogen-bond donors (Lipinski definition) is 1. The van der Waals surface area contributed by atoms with Crippen LogP contribution < -0.4 is 0 Å². The zero-order valence-corrected chi connectivity index (χ0v) is 26.5. The van der Waals surface area contributed by atoms with Gasteiger partial charge in [0, 0.05) is 21.2 Å². The van der Waals surface area contributed by atoms with Crippen LogP contribution in [0.25, 0.3) is 5.57 Å².